The Labute approximate surface area is 155 Å². The third-order valence-corrected chi connectivity index (χ3v) is 3.92. The van der Waals surface area contributed by atoms with Crippen molar-refractivity contribution in [1.29, 1.82) is 5.26 Å². The molecular weight excluding hydrogens is 348 g/mol. The molecule has 136 valence electrons. The quantitative estimate of drug-likeness (QED) is 0.501. The Morgan fingerprint density at radius 2 is 2.00 bits per heavy atom. The number of para-hydroxylation sites is 1. The number of anilines is 1. The Morgan fingerprint density at radius 3 is 2.67 bits per heavy atom. The lowest BCUT2D eigenvalue weighted by molar-refractivity contribution is -0.384. The highest BCUT2D eigenvalue weighted by molar-refractivity contribution is 5.68. The topological polar surface area (TPSA) is 114 Å². The predicted molar refractivity (Wildman–Crippen MR) is 98.5 cm³/mol. The molecule has 0 radical (unpaired) electrons. The lowest BCUT2D eigenvalue weighted by Gasteiger charge is -2.05. The number of nitriles is 1. The average molecular weight is 364 g/mol. The number of oxazole rings is 1. The molecule has 0 atom stereocenters. The van der Waals surface area contributed by atoms with Gasteiger partial charge in [0.1, 0.15) is 17.4 Å². The first-order valence-electron chi connectivity index (χ1n) is 8.14. The summed E-state index contributed by atoms with van der Waals surface area (Å²) in [4.78, 5) is 14.7. The zero-order valence-electron chi connectivity index (χ0n) is 14.5. The first-order chi connectivity index (χ1) is 13.1. The fourth-order valence-corrected chi connectivity index (χ4v) is 2.56. The molecule has 3 rings (SSSR count). The van der Waals surface area contributed by atoms with E-state index < -0.39 is 4.92 Å². The number of nitro groups is 1. The van der Waals surface area contributed by atoms with Crippen LogP contribution in [0.3, 0.4) is 0 Å². The number of aromatic nitrogens is 1. The van der Waals surface area contributed by atoms with Gasteiger partial charge in [-0.1, -0.05) is 24.3 Å². The number of methoxy groups -OCH3 is 1. The summed E-state index contributed by atoms with van der Waals surface area (Å²) in [7, 11) is 1.61. The van der Waals surface area contributed by atoms with E-state index in [0.717, 1.165) is 11.3 Å². The van der Waals surface area contributed by atoms with Crippen LogP contribution < -0.4 is 10.1 Å². The van der Waals surface area contributed by atoms with Crippen molar-refractivity contribution >= 4 is 11.6 Å². The summed E-state index contributed by atoms with van der Waals surface area (Å²) in [6.45, 7) is 0.506. The molecule has 0 aliphatic rings. The number of hydrogen-bond acceptors (Lipinski definition) is 7. The van der Waals surface area contributed by atoms with Crippen molar-refractivity contribution < 1.29 is 14.1 Å². The monoisotopic (exact) mass is 364 g/mol. The molecule has 0 saturated heterocycles. The van der Waals surface area contributed by atoms with Gasteiger partial charge in [0.25, 0.3) is 5.69 Å². The summed E-state index contributed by atoms with van der Waals surface area (Å²) >= 11 is 0. The molecule has 0 saturated carbocycles. The molecule has 1 heterocycles. The molecule has 0 spiro atoms. The third kappa shape index (κ3) is 4.04. The molecule has 8 heteroatoms. The van der Waals surface area contributed by atoms with Crippen molar-refractivity contribution in [2.24, 2.45) is 0 Å². The highest BCUT2D eigenvalue weighted by Gasteiger charge is 2.21. The standard InChI is InChI=1S/C19H16N4O4/c1-26-14-8-6-13(7-9-14)10-11-21-19-16(12-20)22-18(27-19)15-4-2-3-5-17(15)23(24)25/h2-9,21H,10-11H2,1H3. The smallest absolute Gasteiger partial charge is 0.282 e. The van der Waals surface area contributed by atoms with Crippen LogP contribution in [-0.2, 0) is 6.42 Å². The fourth-order valence-electron chi connectivity index (χ4n) is 2.56. The molecule has 0 aliphatic heterocycles. The van der Waals surface area contributed by atoms with E-state index in [1.807, 2.05) is 30.3 Å². The summed E-state index contributed by atoms with van der Waals surface area (Å²) in [6, 6.07) is 15.7. The van der Waals surface area contributed by atoms with Crippen molar-refractivity contribution in [2.75, 3.05) is 19.0 Å². The normalized spacial score (nSPS) is 10.2. The van der Waals surface area contributed by atoms with Gasteiger partial charge in [-0.25, -0.2) is 0 Å². The molecule has 0 aliphatic carbocycles. The fraction of sp³-hybridized carbons (Fsp3) is 0.158. The number of nitro benzene ring substituents is 1. The first kappa shape index (κ1) is 17.9. The van der Waals surface area contributed by atoms with E-state index in [9.17, 15) is 15.4 Å². The van der Waals surface area contributed by atoms with Gasteiger partial charge in [-0.3, -0.25) is 10.1 Å². The van der Waals surface area contributed by atoms with Crippen LogP contribution in [0.15, 0.2) is 52.9 Å². The van der Waals surface area contributed by atoms with Crippen LogP contribution >= 0.6 is 0 Å². The van der Waals surface area contributed by atoms with Crippen LogP contribution in [0.25, 0.3) is 11.5 Å². The van der Waals surface area contributed by atoms with Crippen LogP contribution in [0.2, 0.25) is 0 Å². The van der Waals surface area contributed by atoms with Gasteiger partial charge in [-0.05, 0) is 30.2 Å². The van der Waals surface area contributed by atoms with Crippen LogP contribution in [-0.4, -0.2) is 23.6 Å². The van der Waals surface area contributed by atoms with Crippen molar-refractivity contribution in [2.45, 2.75) is 6.42 Å². The Kier molecular flexibility index (Phi) is 5.33. The number of nitrogens with zero attached hydrogens (tertiary/aromatic N) is 3. The summed E-state index contributed by atoms with van der Waals surface area (Å²) < 4.78 is 10.7. The van der Waals surface area contributed by atoms with Gasteiger partial charge in [0, 0.05) is 12.6 Å². The molecule has 0 fully saturated rings. The van der Waals surface area contributed by atoms with E-state index >= 15 is 0 Å². The molecule has 1 N–H and O–H groups in total. The molecule has 3 aromatic rings. The molecule has 27 heavy (non-hydrogen) atoms. The highest BCUT2D eigenvalue weighted by atomic mass is 16.6. The zero-order chi connectivity index (χ0) is 19.2. The second-order valence-electron chi connectivity index (χ2n) is 5.61. The van der Waals surface area contributed by atoms with Gasteiger partial charge in [-0.15, -0.1) is 0 Å². The largest absolute Gasteiger partial charge is 0.497 e. The Bertz CT molecular complexity index is 990. The number of nitrogens with one attached hydrogen (secondary N) is 1. The highest BCUT2D eigenvalue weighted by Crippen LogP contribution is 2.31. The van der Waals surface area contributed by atoms with Crippen molar-refractivity contribution in [3.63, 3.8) is 0 Å². The van der Waals surface area contributed by atoms with Gasteiger partial charge >= 0.3 is 0 Å². The van der Waals surface area contributed by atoms with E-state index in [0.29, 0.717) is 13.0 Å². The average Bonchev–Trinajstić information content (AvgIpc) is 3.11. The Balaban J connectivity index is 1.75. The third-order valence-electron chi connectivity index (χ3n) is 3.92. The minimum atomic E-state index is -0.512. The van der Waals surface area contributed by atoms with E-state index in [-0.39, 0.29) is 28.7 Å². The van der Waals surface area contributed by atoms with Gasteiger partial charge in [0.05, 0.1) is 12.0 Å². The van der Waals surface area contributed by atoms with Crippen LogP contribution in [0, 0.1) is 21.4 Å². The molecule has 2 aromatic carbocycles. The number of rotatable bonds is 7. The second-order valence-corrected chi connectivity index (χ2v) is 5.61. The lowest BCUT2D eigenvalue weighted by atomic mass is 10.1. The van der Waals surface area contributed by atoms with Gasteiger partial charge in [0.2, 0.25) is 17.5 Å². The number of ether oxygens (including phenoxy) is 1. The zero-order valence-corrected chi connectivity index (χ0v) is 14.5. The minimum absolute atomic E-state index is 0.0331. The van der Waals surface area contributed by atoms with Crippen molar-refractivity contribution in [3.05, 3.63) is 69.9 Å². The molecule has 0 unspecified atom stereocenters. The van der Waals surface area contributed by atoms with Gasteiger partial charge in [-0.2, -0.15) is 10.2 Å². The summed E-state index contributed by atoms with van der Waals surface area (Å²) in [5.41, 5.74) is 1.23. The summed E-state index contributed by atoms with van der Waals surface area (Å²) in [5, 5.41) is 23.5. The van der Waals surface area contributed by atoms with E-state index in [4.69, 9.17) is 9.15 Å². The Morgan fingerprint density at radius 1 is 1.26 bits per heavy atom. The Hall–Kier alpha value is -3.86. The minimum Gasteiger partial charge on any atom is -0.497 e. The maximum absolute atomic E-state index is 11.2. The molecular formula is C19H16N4O4. The first-order valence-corrected chi connectivity index (χ1v) is 8.14. The number of hydrogen-bond donors (Lipinski definition) is 1. The van der Waals surface area contributed by atoms with E-state index in [1.54, 1.807) is 19.2 Å². The van der Waals surface area contributed by atoms with E-state index in [2.05, 4.69) is 10.3 Å². The maximum atomic E-state index is 11.2. The second kappa shape index (κ2) is 8.01. The van der Waals surface area contributed by atoms with Gasteiger partial charge < -0.3 is 14.5 Å². The molecule has 0 amide bonds. The van der Waals surface area contributed by atoms with Gasteiger partial charge in [0.15, 0.2) is 0 Å². The maximum Gasteiger partial charge on any atom is 0.282 e. The van der Waals surface area contributed by atoms with E-state index in [1.165, 1.54) is 12.1 Å². The van der Waals surface area contributed by atoms with Crippen LogP contribution in [0.5, 0.6) is 5.75 Å². The SMILES string of the molecule is COc1ccc(CCNc2oc(-c3ccccc3[N+](=O)[O-])nc2C#N)cc1. The molecule has 1 aromatic heterocycles. The predicted octanol–water partition coefficient (Wildman–Crippen LogP) is 3.78. The van der Waals surface area contributed by atoms with Crippen LogP contribution in [0.1, 0.15) is 11.3 Å². The van der Waals surface area contributed by atoms with Crippen molar-refractivity contribution in [3.8, 4) is 23.3 Å². The molecule has 8 nitrogen and oxygen atoms in total. The molecule has 0 bridgehead atoms. The summed E-state index contributed by atoms with van der Waals surface area (Å²) in [6.07, 6.45) is 0.691. The summed E-state index contributed by atoms with van der Waals surface area (Å²) in [5.74, 6) is 1.01. The number of benzene rings is 2. The van der Waals surface area contributed by atoms with Crippen molar-refractivity contribution in [1.82, 2.24) is 4.98 Å². The lowest BCUT2D eigenvalue weighted by Crippen LogP contribution is -2.05. The van der Waals surface area contributed by atoms with Crippen LogP contribution in [0.4, 0.5) is 11.6 Å².